The van der Waals surface area contributed by atoms with Crippen molar-refractivity contribution in [3.8, 4) is 5.69 Å². The maximum atomic E-state index is 12.8. The van der Waals surface area contributed by atoms with Crippen LogP contribution < -0.4 is 0 Å². The molecule has 2 aromatic rings. The van der Waals surface area contributed by atoms with Crippen LogP contribution in [0.2, 0.25) is 0 Å². The van der Waals surface area contributed by atoms with Crippen LogP contribution in [0.5, 0.6) is 0 Å². The van der Waals surface area contributed by atoms with Crippen molar-refractivity contribution in [3.05, 3.63) is 47.3 Å². The molecule has 1 aliphatic heterocycles. The van der Waals surface area contributed by atoms with Gasteiger partial charge in [-0.05, 0) is 70.3 Å². The Bertz CT molecular complexity index is 833. The zero-order valence-corrected chi connectivity index (χ0v) is 18.1. The second kappa shape index (κ2) is 9.55. The van der Waals surface area contributed by atoms with Crippen LogP contribution in [-0.4, -0.2) is 54.1 Å². The Morgan fingerprint density at radius 3 is 2.79 bits per heavy atom. The molecule has 29 heavy (non-hydrogen) atoms. The molecule has 0 aliphatic carbocycles. The summed E-state index contributed by atoms with van der Waals surface area (Å²) in [5, 5.41) is 4.60. The number of benzene rings is 1. The number of hydrogen-bond donors (Lipinski definition) is 0. The second-order valence-electron chi connectivity index (χ2n) is 8.07. The van der Waals surface area contributed by atoms with Crippen molar-refractivity contribution in [2.45, 2.75) is 46.6 Å². The number of aryl methyl sites for hydroxylation is 2. The van der Waals surface area contributed by atoms with Crippen LogP contribution in [0.3, 0.4) is 0 Å². The minimum Gasteiger partial charge on any atom is -0.466 e. The van der Waals surface area contributed by atoms with Crippen molar-refractivity contribution in [1.82, 2.24) is 14.7 Å². The lowest BCUT2D eigenvalue weighted by Gasteiger charge is -2.41. The molecule has 0 bridgehead atoms. The normalized spacial score (nSPS) is 20.0. The predicted octanol–water partition coefficient (Wildman–Crippen LogP) is 3.67. The molecule has 1 saturated heterocycles. The molecule has 0 amide bonds. The van der Waals surface area contributed by atoms with Crippen LogP contribution in [-0.2, 0) is 20.8 Å². The van der Waals surface area contributed by atoms with Gasteiger partial charge in [-0.1, -0.05) is 12.1 Å². The number of rotatable bonds is 8. The summed E-state index contributed by atoms with van der Waals surface area (Å²) in [6.07, 6.45) is 2.54. The van der Waals surface area contributed by atoms with E-state index in [2.05, 4.69) is 47.3 Å². The minimum atomic E-state index is -0.475. The molecule has 1 aromatic heterocycles. The standard InChI is InChI=1S/C23H33N3O3/c1-5-29-22(27)23(11-13-28-4)10-7-12-25(17-23)16-20-8-6-9-21(15-20)26-19(3)14-18(2)24-26/h6,8-9,14-15H,5,7,10-13,16-17H2,1-4H3/t23-/m1/s1. The molecule has 3 rings (SSSR count). The van der Waals surface area contributed by atoms with Gasteiger partial charge < -0.3 is 9.47 Å². The predicted molar refractivity (Wildman–Crippen MR) is 113 cm³/mol. The number of likely N-dealkylation sites (tertiary alicyclic amines) is 1. The molecule has 0 saturated carbocycles. The van der Waals surface area contributed by atoms with E-state index in [1.807, 2.05) is 18.5 Å². The van der Waals surface area contributed by atoms with E-state index in [-0.39, 0.29) is 5.97 Å². The summed E-state index contributed by atoms with van der Waals surface area (Å²) in [5.74, 6) is -0.0851. The molecule has 1 atom stereocenters. The zero-order valence-electron chi connectivity index (χ0n) is 18.1. The first-order chi connectivity index (χ1) is 14.0. The molecule has 0 spiro atoms. The number of piperidine rings is 1. The Hall–Kier alpha value is -2.18. The lowest BCUT2D eigenvalue weighted by Crippen LogP contribution is -2.48. The first-order valence-electron chi connectivity index (χ1n) is 10.5. The van der Waals surface area contributed by atoms with Gasteiger partial charge in [-0.3, -0.25) is 9.69 Å². The summed E-state index contributed by atoms with van der Waals surface area (Å²) in [4.78, 5) is 15.2. The van der Waals surface area contributed by atoms with Crippen LogP contribution in [0.1, 0.15) is 43.1 Å². The fourth-order valence-corrected chi connectivity index (χ4v) is 4.35. The minimum absolute atomic E-state index is 0.0851. The van der Waals surface area contributed by atoms with E-state index in [9.17, 15) is 4.79 Å². The molecule has 0 radical (unpaired) electrons. The number of carbonyl (C=O) groups excluding carboxylic acids is 1. The molecular weight excluding hydrogens is 366 g/mol. The van der Waals surface area contributed by atoms with Gasteiger partial charge in [0.15, 0.2) is 0 Å². The highest BCUT2D eigenvalue weighted by molar-refractivity contribution is 5.77. The smallest absolute Gasteiger partial charge is 0.313 e. The van der Waals surface area contributed by atoms with E-state index in [0.717, 1.165) is 43.0 Å². The van der Waals surface area contributed by atoms with Gasteiger partial charge in [0.1, 0.15) is 0 Å². The van der Waals surface area contributed by atoms with Crippen LogP contribution >= 0.6 is 0 Å². The Balaban J connectivity index is 1.76. The molecular formula is C23H33N3O3. The van der Waals surface area contributed by atoms with Crippen LogP contribution in [0.4, 0.5) is 0 Å². The number of ether oxygens (including phenoxy) is 2. The highest BCUT2D eigenvalue weighted by Gasteiger charge is 2.43. The van der Waals surface area contributed by atoms with Crippen molar-refractivity contribution in [2.24, 2.45) is 5.41 Å². The summed E-state index contributed by atoms with van der Waals surface area (Å²) in [6, 6.07) is 10.6. The highest BCUT2D eigenvalue weighted by atomic mass is 16.5. The van der Waals surface area contributed by atoms with E-state index in [4.69, 9.17) is 9.47 Å². The average molecular weight is 400 g/mol. The SMILES string of the molecule is CCOC(=O)[C@@]1(CCOC)CCCN(Cc2cccc(-n3nc(C)cc3C)c2)C1. The Kier molecular flexibility index (Phi) is 7.09. The summed E-state index contributed by atoms with van der Waals surface area (Å²) < 4.78 is 12.7. The number of aromatic nitrogens is 2. The summed E-state index contributed by atoms with van der Waals surface area (Å²) >= 11 is 0. The molecule has 2 heterocycles. The summed E-state index contributed by atoms with van der Waals surface area (Å²) in [7, 11) is 1.68. The van der Waals surface area contributed by atoms with Crippen molar-refractivity contribution in [2.75, 3.05) is 33.4 Å². The molecule has 158 valence electrons. The Labute approximate surface area is 173 Å². The third kappa shape index (κ3) is 5.06. The summed E-state index contributed by atoms with van der Waals surface area (Å²) in [5.41, 5.74) is 3.96. The molecule has 6 heteroatoms. The van der Waals surface area contributed by atoms with Crippen molar-refractivity contribution < 1.29 is 14.3 Å². The number of nitrogens with zero attached hydrogens (tertiary/aromatic N) is 3. The van der Waals surface area contributed by atoms with Crippen molar-refractivity contribution in [3.63, 3.8) is 0 Å². The number of esters is 1. The second-order valence-corrected chi connectivity index (χ2v) is 8.07. The summed E-state index contributed by atoms with van der Waals surface area (Å²) in [6.45, 7) is 9.43. The highest BCUT2D eigenvalue weighted by Crippen LogP contribution is 2.36. The van der Waals surface area contributed by atoms with E-state index in [0.29, 0.717) is 26.2 Å². The van der Waals surface area contributed by atoms with E-state index >= 15 is 0 Å². The van der Waals surface area contributed by atoms with E-state index < -0.39 is 5.41 Å². The third-order valence-electron chi connectivity index (χ3n) is 5.72. The lowest BCUT2D eigenvalue weighted by molar-refractivity contribution is -0.160. The van der Waals surface area contributed by atoms with Gasteiger partial charge >= 0.3 is 5.97 Å². The first kappa shape index (κ1) is 21.5. The van der Waals surface area contributed by atoms with Gasteiger partial charge in [0.05, 0.1) is 23.4 Å². The fraction of sp³-hybridized carbons (Fsp3) is 0.565. The fourth-order valence-electron chi connectivity index (χ4n) is 4.35. The van der Waals surface area contributed by atoms with Crippen LogP contribution in [0.15, 0.2) is 30.3 Å². The first-order valence-corrected chi connectivity index (χ1v) is 10.5. The van der Waals surface area contributed by atoms with Gasteiger partial charge in [-0.25, -0.2) is 4.68 Å². The maximum Gasteiger partial charge on any atom is 0.313 e. The molecule has 1 fully saturated rings. The van der Waals surface area contributed by atoms with Gasteiger partial charge in [-0.15, -0.1) is 0 Å². The van der Waals surface area contributed by atoms with Gasteiger partial charge in [0.25, 0.3) is 0 Å². The van der Waals surface area contributed by atoms with E-state index in [1.54, 1.807) is 7.11 Å². The Morgan fingerprint density at radius 1 is 1.28 bits per heavy atom. The Morgan fingerprint density at radius 2 is 2.10 bits per heavy atom. The van der Waals surface area contributed by atoms with Crippen LogP contribution in [0.25, 0.3) is 5.69 Å². The molecule has 6 nitrogen and oxygen atoms in total. The molecule has 0 unspecified atom stereocenters. The monoisotopic (exact) mass is 399 g/mol. The van der Waals surface area contributed by atoms with Crippen molar-refractivity contribution >= 4 is 5.97 Å². The van der Waals surface area contributed by atoms with Gasteiger partial charge in [-0.2, -0.15) is 5.10 Å². The maximum absolute atomic E-state index is 12.8. The van der Waals surface area contributed by atoms with Gasteiger partial charge in [0, 0.05) is 32.5 Å². The molecule has 0 N–H and O–H groups in total. The van der Waals surface area contributed by atoms with Crippen molar-refractivity contribution in [1.29, 1.82) is 0 Å². The third-order valence-corrected chi connectivity index (χ3v) is 5.72. The molecule has 1 aromatic carbocycles. The molecule has 1 aliphatic rings. The number of carbonyl (C=O) groups is 1. The largest absolute Gasteiger partial charge is 0.466 e. The topological polar surface area (TPSA) is 56.6 Å². The lowest BCUT2D eigenvalue weighted by atomic mass is 9.77. The number of methoxy groups -OCH3 is 1. The van der Waals surface area contributed by atoms with E-state index in [1.165, 1.54) is 5.56 Å². The average Bonchev–Trinajstić information content (AvgIpc) is 3.05. The van der Waals surface area contributed by atoms with Crippen LogP contribution in [0, 0.1) is 19.3 Å². The quantitative estimate of drug-likeness (QED) is 0.634. The van der Waals surface area contributed by atoms with Gasteiger partial charge in [0.2, 0.25) is 0 Å². The number of hydrogen-bond acceptors (Lipinski definition) is 5. The zero-order chi connectivity index (χ0) is 20.9.